The lowest BCUT2D eigenvalue weighted by Crippen LogP contribution is -2.24. The Morgan fingerprint density at radius 3 is 2.04 bits per heavy atom. The van der Waals surface area contributed by atoms with E-state index in [0.29, 0.717) is 36.1 Å². The minimum absolute atomic E-state index is 0.159. The molecule has 0 saturated heterocycles. The normalized spacial score (nSPS) is 10.4. The summed E-state index contributed by atoms with van der Waals surface area (Å²) in [6.07, 6.45) is -0.917. The largest absolute Gasteiger partial charge is 0.507 e. The van der Waals surface area contributed by atoms with Gasteiger partial charge in [0, 0.05) is 11.1 Å². The molecule has 0 atom stereocenters. The van der Waals surface area contributed by atoms with Crippen molar-refractivity contribution in [3.63, 3.8) is 0 Å². The Morgan fingerprint density at radius 2 is 1.68 bits per heavy atom. The molecule has 162 valence electrons. The summed E-state index contributed by atoms with van der Waals surface area (Å²) in [6.45, 7) is 16.7. The number of benzene rings is 1. The van der Waals surface area contributed by atoms with Crippen LogP contribution in [0.5, 0.6) is 11.5 Å². The van der Waals surface area contributed by atoms with Gasteiger partial charge in [0.05, 0.1) is 6.10 Å². The Bertz CT molecular complexity index is 609. The Kier molecular flexibility index (Phi) is 14.2. The first-order valence-corrected chi connectivity index (χ1v) is 9.82. The van der Waals surface area contributed by atoms with Crippen molar-refractivity contribution in [2.45, 2.75) is 86.4 Å². The first-order valence-electron chi connectivity index (χ1n) is 9.82. The summed E-state index contributed by atoms with van der Waals surface area (Å²) in [7, 11) is 0. The van der Waals surface area contributed by atoms with Crippen LogP contribution in [0.2, 0.25) is 0 Å². The highest BCUT2D eigenvalue weighted by molar-refractivity contribution is 6.05. The lowest BCUT2D eigenvalue weighted by molar-refractivity contribution is -0.0588. The number of alkyl halides is 3. The van der Waals surface area contributed by atoms with E-state index in [1.54, 1.807) is 6.08 Å². The SMILES string of the molecule is C=CC.CC.CCCc1cc(C(=N)C(F)(F)F)c(O)c(CCC)c1OC(C)C. The van der Waals surface area contributed by atoms with E-state index in [1.807, 2.05) is 48.5 Å². The maximum atomic E-state index is 12.9. The summed E-state index contributed by atoms with van der Waals surface area (Å²) in [5.74, 6) is -0.0374. The zero-order chi connectivity index (χ0) is 22.5. The molecule has 6 heteroatoms. The number of rotatable bonds is 7. The summed E-state index contributed by atoms with van der Waals surface area (Å²) in [5, 5.41) is 17.7. The fourth-order valence-electron chi connectivity index (χ4n) is 2.43. The summed E-state index contributed by atoms with van der Waals surface area (Å²) in [5.41, 5.74) is -1.04. The number of phenols is 1. The van der Waals surface area contributed by atoms with Crippen molar-refractivity contribution in [1.29, 1.82) is 5.41 Å². The van der Waals surface area contributed by atoms with Crippen LogP contribution in [0.15, 0.2) is 18.7 Å². The van der Waals surface area contributed by atoms with Gasteiger partial charge in [-0.1, -0.05) is 46.6 Å². The first kappa shape index (κ1) is 28.2. The number of allylic oxidation sites excluding steroid dienone is 1. The molecule has 0 unspecified atom stereocenters. The third kappa shape index (κ3) is 8.81. The van der Waals surface area contributed by atoms with Crippen molar-refractivity contribution < 1.29 is 23.0 Å². The number of phenolic OH excluding ortho intramolecular Hbond substituents is 1. The predicted molar refractivity (Wildman–Crippen MR) is 112 cm³/mol. The molecule has 0 spiro atoms. The smallest absolute Gasteiger partial charge is 0.433 e. The zero-order valence-corrected chi connectivity index (χ0v) is 18.3. The van der Waals surface area contributed by atoms with Crippen molar-refractivity contribution >= 4 is 5.71 Å². The molecule has 0 aliphatic heterocycles. The summed E-state index contributed by atoms with van der Waals surface area (Å²) in [6, 6.07) is 1.24. The van der Waals surface area contributed by atoms with Gasteiger partial charge in [0.15, 0.2) is 0 Å². The Labute approximate surface area is 168 Å². The van der Waals surface area contributed by atoms with Crippen LogP contribution in [-0.4, -0.2) is 23.1 Å². The quantitative estimate of drug-likeness (QED) is 0.372. The van der Waals surface area contributed by atoms with E-state index in [-0.39, 0.29) is 6.10 Å². The van der Waals surface area contributed by atoms with Crippen molar-refractivity contribution in [1.82, 2.24) is 0 Å². The van der Waals surface area contributed by atoms with E-state index in [2.05, 4.69) is 6.58 Å². The highest BCUT2D eigenvalue weighted by atomic mass is 19.4. The minimum Gasteiger partial charge on any atom is -0.507 e. The molecule has 0 aliphatic rings. The molecular weight excluding hydrogens is 367 g/mol. The summed E-state index contributed by atoms with van der Waals surface area (Å²) in [4.78, 5) is 0. The van der Waals surface area contributed by atoms with Gasteiger partial charge in [0.2, 0.25) is 0 Å². The minimum atomic E-state index is -4.80. The van der Waals surface area contributed by atoms with Gasteiger partial charge in [-0.3, -0.25) is 5.41 Å². The molecular formula is C22H36F3NO2. The van der Waals surface area contributed by atoms with E-state index < -0.39 is 23.2 Å². The van der Waals surface area contributed by atoms with E-state index in [0.717, 1.165) is 6.42 Å². The number of nitrogens with one attached hydrogen (secondary N) is 1. The van der Waals surface area contributed by atoms with Crippen LogP contribution in [-0.2, 0) is 12.8 Å². The lowest BCUT2D eigenvalue weighted by Gasteiger charge is -2.22. The molecule has 1 rings (SSSR count). The second kappa shape index (κ2) is 14.1. The van der Waals surface area contributed by atoms with Gasteiger partial charge < -0.3 is 9.84 Å². The zero-order valence-electron chi connectivity index (χ0n) is 18.3. The number of ether oxygens (including phenoxy) is 1. The first-order chi connectivity index (χ1) is 13.0. The maximum Gasteiger partial charge on any atom is 0.433 e. The number of halogens is 3. The molecule has 1 aromatic carbocycles. The number of aryl methyl sites for hydroxylation is 1. The van der Waals surface area contributed by atoms with E-state index in [1.165, 1.54) is 6.07 Å². The van der Waals surface area contributed by atoms with Crippen molar-refractivity contribution in [3.8, 4) is 11.5 Å². The Hall–Kier alpha value is -1.98. The molecule has 28 heavy (non-hydrogen) atoms. The van der Waals surface area contributed by atoms with E-state index >= 15 is 0 Å². The van der Waals surface area contributed by atoms with Crippen molar-refractivity contribution in [3.05, 3.63) is 35.4 Å². The van der Waals surface area contributed by atoms with Crippen LogP contribution < -0.4 is 4.74 Å². The molecule has 3 nitrogen and oxygen atoms in total. The highest BCUT2D eigenvalue weighted by Gasteiger charge is 2.38. The molecule has 2 N–H and O–H groups in total. The van der Waals surface area contributed by atoms with Gasteiger partial charge in [0.25, 0.3) is 0 Å². The predicted octanol–water partition coefficient (Wildman–Crippen LogP) is 7.23. The van der Waals surface area contributed by atoms with Crippen molar-refractivity contribution in [2.24, 2.45) is 0 Å². The standard InChI is InChI=1S/C17H24F3NO2.C3H6.C2H6/c1-5-7-11-9-13(16(21)17(18,19)20)14(22)12(8-6-2)15(11)23-10(3)4;1-3-2;1-2/h9-10,21-22H,5-8H2,1-4H3;3H,1H2,2H3;1-2H3. The molecule has 0 fully saturated rings. The van der Waals surface area contributed by atoms with Gasteiger partial charge in [-0.15, -0.1) is 6.58 Å². The van der Waals surface area contributed by atoms with E-state index in [9.17, 15) is 18.3 Å². The van der Waals surface area contributed by atoms with Gasteiger partial charge in [-0.25, -0.2) is 0 Å². The van der Waals surface area contributed by atoms with Crippen LogP contribution in [0.3, 0.4) is 0 Å². The van der Waals surface area contributed by atoms with Gasteiger partial charge in [-0.05, 0) is 45.2 Å². The average molecular weight is 404 g/mol. The Balaban J connectivity index is 0. The number of hydrogen-bond acceptors (Lipinski definition) is 3. The average Bonchev–Trinajstić information content (AvgIpc) is 2.61. The second-order valence-corrected chi connectivity index (χ2v) is 6.19. The second-order valence-electron chi connectivity index (χ2n) is 6.19. The van der Waals surface area contributed by atoms with Crippen LogP contribution in [0.1, 0.15) is 78.0 Å². The summed E-state index contributed by atoms with van der Waals surface area (Å²) < 4.78 is 44.5. The third-order valence-corrected chi connectivity index (χ3v) is 3.35. The monoisotopic (exact) mass is 403 g/mol. The molecule has 0 amide bonds. The fraction of sp³-hybridized carbons (Fsp3) is 0.591. The van der Waals surface area contributed by atoms with Gasteiger partial charge >= 0.3 is 6.18 Å². The van der Waals surface area contributed by atoms with Crippen molar-refractivity contribution in [2.75, 3.05) is 0 Å². The van der Waals surface area contributed by atoms with E-state index in [4.69, 9.17) is 10.1 Å². The third-order valence-electron chi connectivity index (χ3n) is 3.35. The van der Waals surface area contributed by atoms with Crippen LogP contribution in [0.25, 0.3) is 0 Å². The molecule has 0 aromatic heterocycles. The molecule has 0 radical (unpaired) electrons. The molecule has 0 heterocycles. The topological polar surface area (TPSA) is 53.3 Å². The number of hydrogen-bond donors (Lipinski definition) is 2. The van der Waals surface area contributed by atoms with Crippen LogP contribution >= 0.6 is 0 Å². The van der Waals surface area contributed by atoms with Gasteiger partial charge in [0.1, 0.15) is 17.2 Å². The van der Waals surface area contributed by atoms with Gasteiger partial charge in [-0.2, -0.15) is 13.2 Å². The molecule has 0 saturated carbocycles. The maximum absolute atomic E-state index is 12.9. The summed E-state index contributed by atoms with van der Waals surface area (Å²) >= 11 is 0. The Morgan fingerprint density at radius 1 is 1.21 bits per heavy atom. The molecule has 0 aliphatic carbocycles. The highest BCUT2D eigenvalue weighted by Crippen LogP contribution is 2.39. The fourth-order valence-corrected chi connectivity index (χ4v) is 2.43. The van der Waals surface area contributed by atoms with Crippen LogP contribution in [0.4, 0.5) is 13.2 Å². The molecule has 1 aromatic rings. The number of aromatic hydroxyl groups is 1. The van der Waals surface area contributed by atoms with Crippen LogP contribution in [0, 0.1) is 5.41 Å². The molecule has 0 bridgehead atoms. The lowest BCUT2D eigenvalue weighted by atomic mass is 9.94.